The van der Waals surface area contributed by atoms with Crippen LogP contribution in [0, 0.1) is 0 Å². The van der Waals surface area contributed by atoms with Gasteiger partial charge in [0.15, 0.2) is 0 Å². The maximum atomic E-state index is 11.5. The SMILES string of the molecule is CC(C)c1ccc(-n2[nH]c(N)cc2=O)cc1. The summed E-state index contributed by atoms with van der Waals surface area (Å²) in [6, 6.07) is 9.22. The van der Waals surface area contributed by atoms with Crippen molar-refractivity contribution in [3.63, 3.8) is 0 Å². The molecular formula is C12H15N3O. The van der Waals surface area contributed by atoms with Crippen molar-refractivity contribution < 1.29 is 0 Å². The molecule has 1 aromatic heterocycles. The second-order valence-corrected chi connectivity index (χ2v) is 4.13. The lowest BCUT2D eigenvalue weighted by Crippen LogP contribution is -2.13. The van der Waals surface area contributed by atoms with E-state index in [-0.39, 0.29) is 5.56 Å². The van der Waals surface area contributed by atoms with E-state index in [0.29, 0.717) is 11.7 Å². The molecule has 0 unspecified atom stereocenters. The van der Waals surface area contributed by atoms with Crippen LogP contribution in [0.5, 0.6) is 0 Å². The third-order valence-corrected chi connectivity index (χ3v) is 2.56. The zero-order valence-corrected chi connectivity index (χ0v) is 9.40. The molecule has 4 nitrogen and oxygen atoms in total. The highest BCUT2D eigenvalue weighted by molar-refractivity contribution is 5.37. The Bertz CT molecular complexity index is 534. The summed E-state index contributed by atoms with van der Waals surface area (Å²) in [7, 11) is 0. The van der Waals surface area contributed by atoms with Crippen LogP contribution in [0.25, 0.3) is 5.69 Å². The van der Waals surface area contributed by atoms with Gasteiger partial charge >= 0.3 is 0 Å². The first kappa shape index (κ1) is 10.5. The highest BCUT2D eigenvalue weighted by Gasteiger charge is 2.03. The van der Waals surface area contributed by atoms with Crippen molar-refractivity contribution in [2.75, 3.05) is 5.73 Å². The molecule has 0 fully saturated rings. The lowest BCUT2D eigenvalue weighted by atomic mass is 10.0. The number of aromatic nitrogens is 2. The minimum absolute atomic E-state index is 0.144. The molecule has 84 valence electrons. The fraction of sp³-hybridized carbons (Fsp3) is 0.250. The number of nitrogen functional groups attached to an aromatic ring is 1. The molecule has 2 aromatic rings. The lowest BCUT2D eigenvalue weighted by Gasteiger charge is -2.06. The molecule has 2 rings (SSSR count). The number of nitrogens with zero attached hydrogens (tertiary/aromatic N) is 1. The van der Waals surface area contributed by atoms with Crippen LogP contribution < -0.4 is 11.3 Å². The van der Waals surface area contributed by atoms with Gasteiger partial charge in [0.25, 0.3) is 5.56 Å². The largest absolute Gasteiger partial charge is 0.384 e. The number of nitrogens with two attached hydrogens (primary N) is 1. The number of aromatic amines is 1. The molecule has 0 aliphatic rings. The predicted octanol–water partition coefficient (Wildman–Crippen LogP) is 1.87. The summed E-state index contributed by atoms with van der Waals surface area (Å²) in [5.74, 6) is 0.859. The number of hydrogen-bond acceptors (Lipinski definition) is 2. The molecule has 0 saturated carbocycles. The monoisotopic (exact) mass is 217 g/mol. The maximum absolute atomic E-state index is 11.5. The first-order valence-electron chi connectivity index (χ1n) is 5.26. The zero-order valence-electron chi connectivity index (χ0n) is 9.40. The van der Waals surface area contributed by atoms with Crippen molar-refractivity contribution in [2.45, 2.75) is 19.8 Å². The molecule has 1 aromatic carbocycles. The summed E-state index contributed by atoms with van der Waals surface area (Å²) in [6.07, 6.45) is 0. The van der Waals surface area contributed by atoms with Crippen LogP contribution >= 0.6 is 0 Å². The molecule has 16 heavy (non-hydrogen) atoms. The van der Waals surface area contributed by atoms with Crippen LogP contribution in [0.1, 0.15) is 25.3 Å². The topological polar surface area (TPSA) is 63.8 Å². The number of anilines is 1. The number of benzene rings is 1. The predicted molar refractivity (Wildman–Crippen MR) is 64.9 cm³/mol. The Morgan fingerprint density at radius 1 is 1.25 bits per heavy atom. The van der Waals surface area contributed by atoms with Gasteiger partial charge in [0.05, 0.1) is 5.69 Å². The standard InChI is InChI=1S/C12H15N3O/c1-8(2)9-3-5-10(6-4-9)15-12(16)7-11(13)14-15/h3-8,14H,13H2,1-2H3. The first-order chi connectivity index (χ1) is 7.58. The Morgan fingerprint density at radius 3 is 2.31 bits per heavy atom. The quantitative estimate of drug-likeness (QED) is 0.806. The van der Waals surface area contributed by atoms with E-state index in [0.717, 1.165) is 5.69 Å². The molecule has 1 heterocycles. The fourth-order valence-corrected chi connectivity index (χ4v) is 1.61. The Balaban J connectivity index is 2.42. The molecule has 0 saturated heterocycles. The fourth-order valence-electron chi connectivity index (χ4n) is 1.61. The van der Waals surface area contributed by atoms with Gasteiger partial charge in [0, 0.05) is 6.07 Å². The smallest absolute Gasteiger partial charge is 0.273 e. The van der Waals surface area contributed by atoms with Crippen LogP contribution in [-0.2, 0) is 0 Å². The number of rotatable bonds is 2. The van der Waals surface area contributed by atoms with Crippen LogP contribution in [-0.4, -0.2) is 9.78 Å². The third-order valence-electron chi connectivity index (χ3n) is 2.56. The number of nitrogens with one attached hydrogen (secondary N) is 1. The van der Waals surface area contributed by atoms with E-state index >= 15 is 0 Å². The molecule has 0 atom stereocenters. The lowest BCUT2D eigenvalue weighted by molar-refractivity contribution is 0.841. The van der Waals surface area contributed by atoms with Crippen LogP contribution in [0.2, 0.25) is 0 Å². The Morgan fingerprint density at radius 2 is 1.88 bits per heavy atom. The molecule has 3 N–H and O–H groups in total. The van der Waals surface area contributed by atoms with Gasteiger partial charge < -0.3 is 5.73 Å². The minimum atomic E-state index is -0.144. The summed E-state index contributed by atoms with van der Waals surface area (Å²) in [6.45, 7) is 4.27. The normalized spacial score (nSPS) is 10.9. The van der Waals surface area contributed by atoms with E-state index in [1.807, 2.05) is 24.3 Å². The van der Waals surface area contributed by atoms with Crippen molar-refractivity contribution in [1.29, 1.82) is 0 Å². The number of H-pyrrole nitrogens is 1. The molecule has 4 heteroatoms. The highest BCUT2D eigenvalue weighted by atomic mass is 16.1. The first-order valence-corrected chi connectivity index (χ1v) is 5.26. The van der Waals surface area contributed by atoms with Gasteiger partial charge in [-0.2, -0.15) is 0 Å². The van der Waals surface area contributed by atoms with E-state index in [2.05, 4.69) is 18.9 Å². The Hall–Kier alpha value is -1.97. The van der Waals surface area contributed by atoms with Crippen molar-refractivity contribution in [3.8, 4) is 5.69 Å². The van der Waals surface area contributed by atoms with Gasteiger partial charge in [0.1, 0.15) is 5.82 Å². The summed E-state index contributed by atoms with van der Waals surface area (Å²) in [4.78, 5) is 11.5. The summed E-state index contributed by atoms with van der Waals surface area (Å²) < 4.78 is 1.43. The summed E-state index contributed by atoms with van der Waals surface area (Å²) >= 11 is 0. The molecule has 0 aliphatic carbocycles. The van der Waals surface area contributed by atoms with Gasteiger partial charge in [0.2, 0.25) is 0 Å². The van der Waals surface area contributed by atoms with Gasteiger partial charge in [-0.25, -0.2) is 4.68 Å². The van der Waals surface area contributed by atoms with Gasteiger partial charge in [-0.1, -0.05) is 26.0 Å². The molecular weight excluding hydrogens is 202 g/mol. The molecule has 0 amide bonds. The van der Waals surface area contributed by atoms with Crippen LogP contribution in [0.4, 0.5) is 5.82 Å². The van der Waals surface area contributed by atoms with Gasteiger partial charge in [-0.3, -0.25) is 9.89 Å². The number of hydrogen-bond donors (Lipinski definition) is 2. The summed E-state index contributed by atoms with van der Waals surface area (Å²) in [5.41, 5.74) is 7.42. The van der Waals surface area contributed by atoms with Crippen LogP contribution in [0.3, 0.4) is 0 Å². The molecule has 0 bridgehead atoms. The Kier molecular flexibility index (Phi) is 2.56. The second-order valence-electron chi connectivity index (χ2n) is 4.13. The molecule has 0 spiro atoms. The van der Waals surface area contributed by atoms with E-state index in [4.69, 9.17) is 5.73 Å². The van der Waals surface area contributed by atoms with Crippen molar-refractivity contribution >= 4 is 5.82 Å². The van der Waals surface area contributed by atoms with Crippen molar-refractivity contribution in [3.05, 3.63) is 46.2 Å². The average Bonchev–Trinajstić information content (AvgIpc) is 2.58. The second kappa shape index (κ2) is 3.89. The van der Waals surface area contributed by atoms with Gasteiger partial charge in [-0.05, 0) is 23.6 Å². The van der Waals surface area contributed by atoms with E-state index < -0.39 is 0 Å². The third kappa shape index (κ3) is 1.86. The zero-order chi connectivity index (χ0) is 11.7. The van der Waals surface area contributed by atoms with Gasteiger partial charge in [-0.15, -0.1) is 0 Å². The molecule has 0 aliphatic heterocycles. The Labute approximate surface area is 93.7 Å². The van der Waals surface area contributed by atoms with E-state index in [1.54, 1.807) is 0 Å². The van der Waals surface area contributed by atoms with Crippen molar-refractivity contribution in [1.82, 2.24) is 9.78 Å². The highest BCUT2D eigenvalue weighted by Crippen LogP contribution is 2.15. The van der Waals surface area contributed by atoms with Crippen molar-refractivity contribution in [2.24, 2.45) is 0 Å². The van der Waals surface area contributed by atoms with Crippen LogP contribution in [0.15, 0.2) is 35.1 Å². The summed E-state index contributed by atoms with van der Waals surface area (Å²) in [5, 5.41) is 2.79. The minimum Gasteiger partial charge on any atom is -0.384 e. The maximum Gasteiger partial charge on any atom is 0.273 e. The van der Waals surface area contributed by atoms with E-state index in [1.165, 1.54) is 16.3 Å². The average molecular weight is 217 g/mol. The molecule has 0 radical (unpaired) electrons. The van der Waals surface area contributed by atoms with E-state index in [9.17, 15) is 4.79 Å².